The second-order valence-electron chi connectivity index (χ2n) is 8.43. The quantitative estimate of drug-likeness (QED) is 0.199. The van der Waals surface area contributed by atoms with E-state index in [1.807, 2.05) is 19.9 Å². The van der Waals surface area contributed by atoms with Crippen molar-refractivity contribution < 1.29 is 15.3 Å². The monoisotopic (exact) mass is 404 g/mol. The molecule has 6 heteroatoms. The standard InChI is InChI=1S/C23H36N2O4/c1-4-6-7-10-16-11-12-18(25-29)20(21(26)19(16)22(27)28)17-14-15(3)9-8-13-23(17,24)5-2/h12,14,17,22,26-28H,4-11,13,24H2,1-3H3. The maximum Gasteiger partial charge on any atom is 0.182 e. The summed E-state index contributed by atoms with van der Waals surface area (Å²) in [5.74, 6) is -0.684. The van der Waals surface area contributed by atoms with Crippen LogP contribution in [0.15, 0.2) is 51.1 Å². The van der Waals surface area contributed by atoms with E-state index >= 15 is 0 Å². The fourth-order valence-electron chi connectivity index (χ4n) is 4.55. The van der Waals surface area contributed by atoms with Gasteiger partial charge in [0.15, 0.2) is 6.29 Å². The summed E-state index contributed by atoms with van der Waals surface area (Å²) in [4.78, 5) is 11.8. The van der Waals surface area contributed by atoms with E-state index in [4.69, 9.17) is 5.73 Å². The van der Waals surface area contributed by atoms with Gasteiger partial charge in [0.25, 0.3) is 0 Å². The fourth-order valence-corrected chi connectivity index (χ4v) is 4.55. The first kappa shape index (κ1) is 23.5. The molecule has 0 radical (unpaired) electrons. The van der Waals surface area contributed by atoms with E-state index in [0.29, 0.717) is 24.8 Å². The smallest absolute Gasteiger partial charge is 0.182 e. The topological polar surface area (TPSA) is 116 Å². The lowest BCUT2D eigenvalue weighted by molar-refractivity contribution is -0.0106. The molecule has 6 nitrogen and oxygen atoms in total. The third kappa shape index (κ3) is 5.24. The minimum Gasteiger partial charge on any atom is -0.507 e. The van der Waals surface area contributed by atoms with Crippen LogP contribution in [0.1, 0.15) is 78.6 Å². The summed E-state index contributed by atoms with van der Waals surface area (Å²) >= 11 is 0. The first-order valence-corrected chi connectivity index (χ1v) is 10.8. The van der Waals surface area contributed by atoms with Gasteiger partial charge in [-0.2, -0.15) is 0 Å². The number of rotatable bonds is 8. The lowest BCUT2D eigenvalue weighted by Gasteiger charge is -2.36. The van der Waals surface area contributed by atoms with Crippen molar-refractivity contribution in [1.29, 1.82) is 0 Å². The van der Waals surface area contributed by atoms with Gasteiger partial charge in [0.2, 0.25) is 0 Å². The number of unbranched alkanes of at least 4 members (excludes halogenated alkanes) is 2. The predicted molar refractivity (Wildman–Crippen MR) is 116 cm³/mol. The van der Waals surface area contributed by atoms with Crippen LogP contribution >= 0.6 is 0 Å². The van der Waals surface area contributed by atoms with Gasteiger partial charge in [0.1, 0.15) is 11.5 Å². The molecule has 2 aliphatic carbocycles. The average Bonchev–Trinajstić information content (AvgIpc) is 2.91. The molecule has 0 saturated carbocycles. The van der Waals surface area contributed by atoms with Crippen LogP contribution in [0.4, 0.5) is 0 Å². The van der Waals surface area contributed by atoms with Crippen molar-refractivity contribution in [2.75, 3.05) is 0 Å². The number of aliphatic hydroxyl groups excluding tert-OH is 2. The van der Waals surface area contributed by atoms with E-state index in [0.717, 1.165) is 49.7 Å². The normalized spacial score (nSPS) is 26.2. The molecule has 2 aliphatic rings. The fraction of sp³-hybridized carbons (Fsp3) is 0.652. The Morgan fingerprint density at radius 3 is 2.62 bits per heavy atom. The summed E-state index contributed by atoms with van der Waals surface area (Å²) < 4.78 is 0. The van der Waals surface area contributed by atoms with Gasteiger partial charge in [-0.3, -0.25) is 0 Å². The zero-order valence-electron chi connectivity index (χ0n) is 17.9. The Balaban J connectivity index is 2.69. The summed E-state index contributed by atoms with van der Waals surface area (Å²) in [5.41, 5.74) is 8.56. The highest BCUT2D eigenvalue weighted by molar-refractivity contribution is 5.51. The Morgan fingerprint density at radius 1 is 1.31 bits per heavy atom. The molecule has 0 bridgehead atoms. The van der Waals surface area contributed by atoms with Crippen molar-refractivity contribution >= 4 is 0 Å². The van der Waals surface area contributed by atoms with Gasteiger partial charge in [-0.05, 0) is 57.0 Å². The van der Waals surface area contributed by atoms with Gasteiger partial charge >= 0.3 is 0 Å². The predicted octanol–water partition coefficient (Wildman–Crippen LogP) is 4.89. The van der Waals surface area contributed by atoms with Gasteiger partial charge in [0, 0.05) is 22.6 Å². The van der Waals surface area contributed by atoms with Crippen molar-refractivity contribution in [2.45, 2.75) is 90.4 Å². The zero-order valence-corrected chi connectivity index (χ0v) is 17.9. The molecule has 5 N–H and O–H groups in total. The molecule has 0 heterocycles. The Morgan fingerprint density at radius 2 is 2.03 bits per heavy atom. The van der Waals surface area contributed by atoms with Crippen LogP contribution in [0.5, 0.6) is 0 Å². The number of aliphatic hydroxyl groups is 3. The van der Waals surface area contributed by atoms with E-state index in [2.05, 4.69) is 12.1 Å². The van der Waals surface area contributed by atoms with Crippen molar-refractivity contribution in [1.82, 2.24) is 0 Å². The molecule has 0 fully saturated rings. The molecule has 0 aromatic heterocycles. The zero-order chi connectivity index (χ0) is 21.6. The molecule has 0 spiro atoms. The average molecular weight is 405 g/mol. The Bertz CT molecular complexity index is 733. The maximum absolute atomic E-state index is 11.8. The molecule has 2 atom stereocenters. The second kappa shape index (κ2) is 10.3. The highest BCUT2D eigenvalue weighted by Gasteiger charge is 2.40. The number of hydrogen-bond donors (Lipinski definition) is 4. The SMILES string of the molecule is CCCCCC1=C(C(O)O)C(O)=C(C2C=C(C)CCCC2(N)CC)C(N=O)=CC1. The van der Waals surface area contributed by atoms with Crippen LogP contribution in [-0.2, 0) is 0 Å². The van der Waals surface area contributed by atoms with Gasteiger partial charge in [-0.1, -0.05) is 50.0 Å². The minimum absolute atomic E-state index is 0.0970. The van der Waals surface area contributed by atoms with Gasteiger partial charge in [-0.15, -0.1) is 4.91 Å². The summed E-state index contributed by atoms with van der Waals surface area (Å²) in [6.07, 6.45) is 9.02. The van der Waals surface area contributed by atoms with E-state index in [1.54, 1.807) is 6.08 Å². The largest absolute Gasteiger partial charge is 0.507 e. The summed E-state index contributed by atoms with van der Waals surface area (Å²) in [6.45, 7) is 6.12. The van der Waals surface area contributed by atoms with Crippen LogP contribution in [0, 0.1) is 10.8 Å². The minimum atomic E-state index is -1.83. The molecule has 0 saturated heterocycles. The Kier molecular flexibility index (Phi) is 8.37. The first-order chi connectivity index (χ1) is 13.8. The number of nitrogens with two attached hydrogens (primary N) is 1. The first-order valence-electron chi connectivity index (χ1n) is 10.8. The summed E-state index contributed by atoms with van der Waals surface area (Å²) in [6, 6.07) is 0. The molecule has 0 aromatic carbocycles. The van der Waals surface area contributed by atoms with E-state index in [1.165, 1.54) is 0 Å². The molecular weight excluding hydrogens is 368 g/mol. The summed E-state index contributed by atoms with van der Waals surface area (Å²) in [5, 5.41) is 34.6. The molecule has 0 amide bonds. The Labute approximate surface area is 173 Å². The van der Waals surface area contributed by atoms with Crippen LogP contribution < -0.4 is 5.73 Å². The maximum atomic E-state index is 11.8. The molecule has 162 valence electrons. The lowest BCUT2D eigenvalue weighted by Crippen LogP contribution is -2.47. The number of nitroso groups, excluding NO2 is 1. The number of allylic oxidation sites excluding steroid dienone is 4. The van der Waals surface area contributed by atoms with E-state index < -0.39 is 17.7 Å². The van der Waals surface area contributed by atoms with Crippen molar-refractivity contribution in [2.24, 2.45) is 16.8 Å². The van der Waals surface area contributed by atoms with Gasteiger partial charge in [-0.25, -0.2) is 0 Å². The van der Waals surface area contributed by atoms with Crippen molar-refractivity contribution in [3.8, 4) is 0 Å². The molecule has 29 heavy (non-hydrogen) atoms. The highest BCUT2D eigenvalue weighted by Crippen LogP contribution is 2.43. The van der Waals surface area contributed by atoms with Crippen LogP contribution in [0.25, 0.3) is 0 Å². The molecule has 2 unspecified atom stereocenters. The van der Waals surface area contributed by atoms with Crippen LogP contribution in [0.3, 0.4) is 0 Å². The van der Waals surface area contributed by atoms with Crippen molar-refractivity contribution in [3.05, 3.63) is 50.8 Å². The molecular formula is C23H36N2O4. The van der Waals surface area contributed by atoms with E-state index in [-0.39, 0.29) is 17.0 Å². The van der Waals surface area contributed by atoms with Crippen molar-refractivity contribution in [3.63, 3.8) is 0 Å². The molecule has 0 aromatic rings. The summed E-state index contributed by atoms with van der Waals surface area (Å²) in [7, 11) is 0. The Hall–Kier alpha value is -1.76. The second-order valence-corrected chi connectivity index (χ2v) is 8.43. The highest BCUT2D eigenvalue weighted by atomic mass is 16.5. The number of nitrogens with zero attached hydrogens (tertiary/aromatic N) is 1. The third-order valence-electron chi connectivity index (χ3n) is 6.40. The number of hydrogen-bond acceptors (Lipinski definition) is 6. The molecule has 0 aliphatic heterocycles. The van der Waals surface area contributed by atoms with Gasteiger partial charge < -0.3 is 21.1 Å². The van der Waals surface area contributed by atoms with Crippen LogP contribution in [0.2, 0.25) is 0 Å². The third-order valence-corrected chi connectivity index (χ3v) is 6.40. The van der Waals surface area contributed by atoms with E-state index in [9.17, 15) is 20.2 Å². The van der Waals surface area contributed by atoms with Crippen LogP contribution in [-0.4, -0.2) is 27.1 Å². The van der Waals surface area contributed by atoms with Gasteiger partial charge in [0.05, 0.1) is 0 Å². The molecule has 2 rings (SSSR count). The lowest BCUT2D eigenvalue weighted by atomic mass is 9.74.